The average Bonchev–Trinajstić information content (AvgIpc) is 2.24. The fraction of sp³-hybridized carbons (Fsp3) is 0.417. The molecule has 1 aromatic carbocycles. The van der Waals surface area contributed by atoms with Gasteiger partial charge in [-0.3, -0.25) is 4.79 Å². The molecule has 94 valence electrons. The molecule has 0 bridgehead atoms. The summed E-state index contributed by atoms with van der Waals surface area (Å²) in [6.45, 7) is 2.16. The van der Waals surface area contributed by atoms with Crippen LogP contribution in [0.1, 0.15) is 17.0 Å². The molecule has 5 heteroatoms. The van der Waals surface area contributed by atoms with Gasteiger partial charge in [0.2, 0.25) is 0 Å². The molecule has 0 radical (unpaired) electrons. The third-order valence-corrected chi connectivity index (χ3v) is 2.77. The molecule has 0 aliphatic rings. The van der Waals surface area contributed by atoms with E-state index in [-0.39, 0.29) is 0 Å². The van der Waals surface area contributed by atoms with Crippen molar-refractivity contribution in [2.45, 2.75) is 12.8 Å². The molecule has 1 unspecified atom stereocenters. The molecule has 0 heterocycles. The van der Waals surface area contributed by atoms with Crippen molar-refractivity contribution in [3.8, 4) is 5.75 Å². The monoisotopic (exact) mass is 257 g/mol. The smallest absolute Gasteiger partial charge is 0.312 e. The van der Waals surface area contributed by atoms with Gasteiger partial charge in [0.15, 0.2) is 0 Å². The lowest BCUT2D eigenvalue weighted by Gasteiger charge is -2.18. The van der Waals surface area contributed by atoms with Gasteiger partial charge in [0.05, 0.1) is 13.0 Å². The summed E-state index contributed by atoms with van der Waals surface area (Å²) in [5.74, 6) is -0.997. The van der Waals surface area contributed by atoms with Gasteiger partial charge in [-0.2, -0.15) is 0 Å². The molecule has 0 aliphatic carbocycles. The molecule has 0 fully saturated rings. The van der Waals surface area contributed by atoms with Crippen LogP contribution in [0.25, 0.3) is 0 Å². The average molecular weight is 258 g/mol. The summed E-state index contributed by atoms with van der Waals surface area (Å²) in [6, 6.07) is 3.39. The quantitative estimate of drug-likeness (QED) is 0.848. The fourth-order valence-electron chi connectivity index (χ4n) is 1.83. The number of aliphatic carboxylic acids is 1. The Hall–Kier alpha value is -1.26. The van der Waals surface area contributed by atoms with E-state index in [0.29, 0.717) is 22.9 Å². The topological polar surface area (TPSA) is 58.6 Å². The van der Waals surface area contributed by atoms with Gasteiger partial charge in [0, 0.05) is 17.1 Å². The van der Waals surface area contributed by atoms with Crippen LogP contribution in [0.4, 0.5) is 0 Å². The molecular weight excluding hydrogens is 242 g/mol. The number of hydrogen-bond donors (Lipinski definition) is 2. The first-order chi connectivity index (χ1) is 8.01. The summed E-state index contributed by atoms with van der Waals surface area (Å²) in [4.78, 5) is 11.2. The lowest BCUT2D eigenvalue weighted by Crippen LogP contribution is -2.24. The number of benzene rings is 1. The number of carboxylic acid groups (broad SMARTS) is 1. The van der Waals surface area contributed by atoms with E-state index < -0.39 is 11.9 Å². The summed E-state index contributed by atoms with van der Waals surface area (Å²) in [6.07, 6.45) is 0. The Kier molecular flexibility index (Phi) is 4.78. The van der Waals surface area contributed by atoms with E-state index in [4.69, 9.17) is 16.3 Å². The number of likely N-dealkylation sites (N-methyl/N-ethyl adjacent to an activating group) is 1. The number of aryl methyl sites for hydroxylation is 1. The zero-order chi connectivity index (χ0) is 13.0. The Morgan fingerprint density at radius 2 is 2.24 bits per heavy atom. The highest BCUT2D eigenvalue weighted by molar-refractivity contribution is 6.30. The maximum atomic E-state index is 11.2. The van der Waals surface area contributed by atoms with Gasteiger partial charge in [0.25, 0.3) is 0 Å². The van der Waals surface area contributed by atoms with Crippen LogP contribution in [0.5, 0.6) is 5.75 Å². The maximum Gasteiger partial charge on any atom is 0.312 e. The van der Waals surface area contributed by atoms with Crippen molar-refractivity contribution >= 4 is 17.6 Å². The van der Waals surface area contributed by atoms with E-state index >= 15 is 0 Å². The van der Waals surface area contributed by atoms with Crippen molar-refractivity contribution in [3.63, 3.8) is 0 Å². The van der Waals surface area contributed by atoms with Gasteiger partial charge in [-0.1, -0.05) is 11.6 Å². The third-order valence-electron chi connectivity index (χ3n) is 2.55. The maximum absolute atomic E-state index is 11.2. The van der Waals surface area contributed by atoms with E-state index in [2.05, 4.69) is 5.32 Å². The molecule has 0 spiro atoms. The van der Waals surface area contributed by atoms with E-state index in [0.717, 1.165) is 5.56 Å². The molecular formula is C12H16ClNO3. The largest absolute Gasteiger partial charge is 0.496 e. The van der Waals surface area contributed by atoms with E-state index in [1.54, 1.807) is 19.2 Å². The van der Waals surface area contributed by atoms with E-state index in [1.807, 2.05) is 6.92 Å². The number of nitrogens with one attached hydrogen (secondary N) is 1. The van der Waals surface area contributed by atoms with Crippen molar-refractivity contribution < 1.29 is 14.6 Å². The van der Waals surface area contributed by atoms with E-state index in [1.165, 1.54) is 7.11 Å². The van der Waals surface area contributed by atoms with Crippen LogP contribution in [-0.4, -0.2) is 31.8 Å². The molecule has 0 saturated heterocycles. The standard InChI is InChI=1S/C12H16ClNO3/c1-7-4-8(13)5-9(11(7)17-3)10(6-14-2)12(15)16/h4-5,10,14H,6H2,1-3H3,(H,15,16). The zero-order valence-electron chi connectivity index (χ0n) is 10.1. The second-order valence-electron chi connectivity index (χ2n) is 3.79. The lowest BCUT2D eigenvalue weighted by molar-refractivity contribution is -0.138. The van der Waals surface area contributed by atoms with Crippen molar-refractivity contribution in [3.05, 3.63) is 28.3 Å². The molecule has 17 heavy (non-hydrogen) atoms. The third kappa shape index (κ3) is 3.11. The number of rotatable bonds is 5. The molecule has 0 aliphatic heterocycles. The Balaban J connectivity index is 3.30. The number of hydrogen-bond acceptors (Lipinski definition) is 3. The summed E-state index contributed by atoms with van der Waals surface area (Å²) >= 11 is 5.96. The number of ether oxygens (including phenoxy) is 1. The SMILES string of the molecule is CNCC(C(=O)O)c1cc(Cl)cc(C)c1OC. The van der Waals surface area contributed by atoms with Crippen LogP contribution in [0, 0.1) is 6.92 Å². The van der Waals surface area contributed by atoms with Gasteiger partial charge < -0.3 is 15.2 Å². The number of methoxy groups -OCH3 is 1. The Labute approximate surface area is 106 Å². The van der Waals surface area contributed by atoms with Gasteiger partial charge in [0.1, 0.15) is 5.75 Å². The van der Waals surface area contributed by atoms with Crippen LogP contribution in [-0.2, 0) is 4.79 Å². The molecule has 0 saturated carbocycles. The second kappa shape index (κ2) is 5.89. The molecule has 4 nitrogen and oxygen atoms in total. The van der Waals surface area contributed by atoms with E-state index in [9.17, 15) is 9.90 Å². The number of carbonyl (C=O) groups is 1. The van der Waals surface area contributed by atoms with Crippen LogP contribution < -0.4 is 10.1 Å². The van der Waals surface area contributed by atoms with Crippen LogP contribution in [0.3, 0.4) is 0 Å². The van der Waals surface area contributed by atoms with Gasteiger partial charge in [-0.05, 0) is 31.7 Å². The Morgan fingerprint density at radius 3 is 2.71 bits per heavy atom. The summed E-state index contributed by atoms with van der Waals surface area (Å²) in [5.41, 5.74) is 1.43. The summed E-state index contributed by atoms with van der Waals surface area (Å²) in [5, 5.41) is 12.6. The molecule has 1 rings (SSSR count). The fourth-order valence-corrected chi connectivity index (χ4v) is 2.11. The minimum atomic E-state index is -0.903. The minimum Gasteiger partial charge on any atom is -0.496 e. The molecule has 0 aromatic heterocycles. The number of carboxylic acids is 1. The van der Waals surface area contributed by atoms with Gasteiger partial charge in [-0.25, -0.2) is 0 Å². The first-order valence-electron chi connectivity index (χ1n) is 5.22. The molecule has 1 aromatic rings. The second-order valence-corrected chi connectivity index (χ2v) is 4.23. The summed E-state index contributed by atoms with van der Waals surface area (Å²) < 4.78 is 5.26. The van der Waals surface area contributed by atoms with Crippen molar-refractivity contribution in [2.24, 2.45) is 0 Å². The Morgan fingerprint density at radius 1 is 1.59 bits per heavy atom. The van der Waals surface area contributed by atoms with Crippen molar-refractivity contribution in [2.75, 3.05) is 20.7 Å². The Bertz CT molecular complexity index is 420. The highest BCUT2D eigenvalue weighted by atomic mass is 35.5. The van der Waals surface area contributed by atoms with Crippen molar-refractivity contribution in [1.82, 2.24) is 5.32 Å². The van der Waals surface area contributed by atoms with Gasteiger partial charge >= 0.3 is 5.97 Å². The number of halogens is 1. The highest BCUT2D eigenvalue weighted by Crippen LogP contribution is 2.33. The molecule has 2 N–H and O–H groups in total. The highest BCUT2D eigenvalue weighted by Gasteiger charge is 2.24. The summed E-state index contributed by atoms with van der Waals surface area (Å²) in [7, 11) is 3.23. The van der Waals surface area contributed by atoms with Crippen LogP contribution in [0.15, 0.2) is 12.1 Å². The predicted octanol–water partition coefficient (Wildman–Crippen LogP) is 2.04. The van der Waals surface area contributed by atoms with Crippen molar-refractivity contribution in [1.29, 1.82) is 0 Å². The van der Waals surface area contributed by atoms with Crippen LogP contribution in [0.2, 0.25) is 5.02 Å². The zero-order valence-corrected chi connectivity index (χ0v) is 10.8. The first kappa shape index (κ1) is 13.8. The predicted molar refractivity (Wildman–Crippen MR) is 67.0 cm³/mol. The molecule has 0 amide bonds. The lowest BCUT2D eigenvalue weighted by atomic mass is 9.96. The normalized spacial score (nSPS) is 12.2. The van der Waals surface area contributed by atoms with Crippen LogP contribution >= 0.6 is 11.6 Å². The van der Waals surface area contributed by atoms with Gasteiger partial charge in [-0.15, -0.1) is 0 Å². The molecule has 1 atom stereocenters. The minimum absolute atomic E-state index is 0.325. The first-order valence-corrected chi connectivity index (χ1v) is 5.60.